The number of hydrogen-bond donors (Lipinski definition) is 6. The predicted octanol–water partition coefficient (Wildman–Crippen LogP) is -3.85. The van der Waals surface area contributed by atoms with Crippen molar-refractivity contribution in [1.29, 1.82) is 0 Å². The van der Waals surface area contributed by atoms with E-state index in [1.165, 1.54) is 4.68 Å². The maximum absolute atomic E-state index is 12.6. The lowest BCUT2D eigenvalue weighted by Crippen LogP contribution is -2.65. The Morgan fingerprint density at radius 1 is 1.20 bits per heavy atom. The first kappa shape index (κ1) is 27.2. The van der Waals surface area contributed by atoms with Crippen LogP contribution in [0.1, 0.15) is 12.1 Å². The minimum absolute atomic E-state index is 0.0167. The fourth-order valence-electron chi connectivity index (χ4n) is 4.05. The van der Waals surface area contributed by atoms with Gasteiger partial charge in [-0.3, -0.25) is 4.79 Å². The molecule has 35 heavy (non-hydrogen) atoms. The average Bonchev–Trinajstić information content (AvgIpc) is 3.31. The summed E-state index contributed by atoms with van der Waals surface area (Å²) in [5.74, 6) is -0.254. The van der Waals surface area contributed by atoms with Crippen LogP contribution in [0.5, 0.6) is 0 Å². The second-order valence-corrected chi connectivity index (χ2v) is 8.36. The second kappa shape index (κ2) is 13.6. The molecule has 15 nitrogen and oxygen atoms in total. The van der Waals surface area contributed by atoms with Gasteiger partial charge in [0, 0.05) is 25.7 Å². The smallest absolute Gasteiger partial charge is 0.315 e. The summed E-state index contributed by atoms with van der Waals surface area (Å²) < 4.78 is 18.5. The van der Waals surface area contributed by atoms with Gasteiger partial charge in [0.2, 0.25) is 5.91 Å². The molecule has 1 aromatic rings. The number of nitrogens with zero attached hydrogens (tertiary/aromatic N) is 4. The van der Waals surface area contributed by atoms with Gasteiger partial charge in [-0.2, -0.15) is 0 Å². The molecule has 5 atom stereocenters. The Balaban J connectivity index is 1.66. The summed E-state index contributed by atoms with van der Waals surface area (Å²) in [5, 5.41) is 41.9. The summed E-state index contributed by atoms with van der Waals surface area (Å²) in [4.78, 5) is 26.3. The van der Waals surface area contributed by atoms with Gasteiger partial charge in [-0.25, -0.2) is 9.48 Å². The number of nitrogens with one attached hydrogen (secondary N) is 2. The first-order valence-corrected chi connectivity index (χ1v) is 11.6. The van der Waals surface area contributed by atoms with Crippen molar-refractivity contribution in [2.75, 3.05) is 52.7 Å². The van der Waals surface area contributed by atoms with E-state index >= 15 is 0 Å². The number of urea groups is 1. The van der Waals surface area contributed by atoms with Crippen LogP contribution >= 0.6 is 0 Å². The number of rotatable bonds is 11. The zero-order valence-corrected chi connectivity index (χ0v) is 19.5. The van der Waals surface area contributed by atoms with E-state index in [2.05, 4.69) is 20.9 Å². The molecule has 7 N–H and O–H groups in total. The van der Waals surface area contributed by atoms with Crippen molar-refractivity contribution in [3.8, 4) is 0 Å². The van der Waals surface area contributed by atoms with E-state index in [-0.39, 0.29) is 51.8 Å². The molecule has 1 aromatic heterocycles. The van der Waals surface area contributed by atoms with E-state index in [1.807, 2.05) is 0 Å². The number of ether oxygens (including phenoxy) is 3. The molecular weight excluding hydrogens is 466 g/mol. The minimum Gasteiger partial charge on any atom is -0.395 e. The molecule has 0 aromatic carbocycles. The van der Waals surface area contributed by atoms with Crippen LogP contribution in [0.25, 0.3) is 0 Å². The monoisotopic (exact) mass is 501 g/mol. The number of hydrogen-bond acceptors (Lipinski definition) is 11. The van der Waals surface area contributed by atoms with Gasteiger partial charge in [0.15, 0.2) is 0 Å². The number of carbonyl (C=O) groups excluding carboxylic acids is 2. The Bertz CT molecular complexity index is 806. The maximum Gasteiger partial charge on any atom is 0.315 e. The largest absolute Gasteiger partial charge is 0.395 e. The van der Waals surface area contributed by atoms with Crippen LogP contribution in [0.2, 0.25) is 0 Å². The topological polar surface area (TPSA) is 207 Å². The van der Waals surface area contributed by atoms with E-state index in [1.54, 1.807) is 11.1 Å². The number of aliphatic hydroxyl groups excluding tert-OH is 3. The SMILES string of the molecule is N[C@@H]1C[C@H](NC(=O)NCCO)[C@@H](O)[C@H](OCC(=O)N2CCOCC2)[C@H]1OCc1cn(CCO)nn1. The van der Waals surface area contributed by atoms with E-state index in [9.17, 15) is 14.7 Å². The minimum atomic E-state index is -1.22. The van der Waals surface area contributed by atoms with E-state index < -0.39 is 36.4 Å². The summed E-state index contributed by atoms with van der Waals surface area (Å²) in [5.41, 5.74) is 6.84. The molecule has 1 saturated carbocycles. The highest BCUT2D eigenvalue weighted by atomic mass is 16.6. The van der Waals surface area contributed by atoms with Gasteiger partial charge in [0.1, 0.15) is 30.6 Å². The van der Waals surface area contributed by atoms with Crippen molar-refractivity contribution < 1.29 is 39.1 Å². The summed E-state index contributed by atoms with van der Waals surface area (Å²) in [6, 6.07) is -1.98. The molecule has 2 heterocycles. The van der Waals surface area contributed by atoms with Gasteiger partial charge in [-0.1, -0.05) is 5.21 Å². The standard InChI is InChI=1S/C20H35N7O8/c21-14-9-15(23-20(32)22-1-5-28)17(31)19(35-12-16(30)26-3-7-33-8-4-26)18(14)34-11-13-10-27(2-6-29)25-24-13/h10,14-15,17-19,28-29,31H,1-9,11-12,21H2,(H2,22,23,32)/t14-,15+,17-,18+,19+/m1/s1. The van der Waals surface area contributed by atoms with Crippen LogP contribution in [0, 0.1) is 0 Å². The molecule has 2 aliphatic rings. The molecule has 0 radical (unpaired) electrons. The van der Waals surface area contributed by atoms with Crippen LogP contribution in [0.15, 0.2) is 6.20 Å². The summed E-state index contributed by atoms with van der Waals surface area (Å²) in [6.45, 7) is 1.53. The number of morpholine rings is 1. The third kappa shape index (κ3) is 7.79. The molecule has 0 unspecified atom stereocenters. The second-order valence-electron chi connectivity index (χ2n) is 8.36. The quantitative estimate of drug-likeness (QED) is 0.173. The molecule has 3 rings (SSSR count). The molecule has 198 valence electrons. The number of nitrogens with two attached hydrogens (primary N) is 1. The number of aromatic nitrogens is 3. The highest BCUT2D eigenvalue weighted by Gasteiger charge is 2.45. The number of amides is 3. The Morgan fingerprint density at radius 3 is 2.69 bits per heavy atom. The van der Waals surface area contributed by atoms with Crippen molar-refractivity contribution in [2.45, 2.75) is 50.0 Å². The van der Waals surface area contributed by atoms with Gasteiger partial charge in [-0.15, -0.1) is 5.10 Å². The average molecular weight is 502 g/mol. The zero-order chi connectivity index (χ0) is 25.2. The fraction of sp³-hybridized carbons (Fsp3) is 0.800. The van der Waals surface area contributed by atoms with Crippen molar-refractivity contribution in [1.82, 2.24) is 30.5 Å². The van der Waals surface area contributed by atoms with Crippen LogP contribution < -0.4 is 16.4 Å². The lowest BCUT2D eigenvalue weighted by molar-refractivity contribution is -0.171. The Hall–Kier alpha value is -2.40. The molecule has 0 spiro atoms. The van der Waals surface area contributed by atoms with Gasteiger partial charge in [0.25, 0.3) is 0 Å². The highest BCUT2D eigenvalue weighted by molar-refractivity contribution is 5.77. The lowest BCUT2D eigenvalue weighted by atomic mass is 9.84. The van der Waals surface area contributed by atoms with Crippen molar-refractivity contribution in [2.24, 2.45) is 5.73 Å². The first-order valence-electron chi connectivity index (χ1n) is 11.6. The third-order valence-corrected chi connectivity index (χ3v) is 5.84. The maximum atomic E-state index is 12.6. The Morgan fingerprint density at radius 2 is 1.97 bits per heavy atom. The van der Waals surface area contributed by atoms with Gasteiger partial charge >= 0.3 is 6.03 Å². The molecular formula is C20H35N7O8. The highest BCUT2D eigenvalue weighted by Crippen LogP contribution is 2.26. The predicted molar refractivity (Wildman–Crippen MR) is 119 cm³/mol. The Labute approximate surface area is 202 Å². The molecule has 1 saturated heterocycles. The molecule has 2 fully saturated rings. The van der Waals surface area contributed by atoms with E-state index in [4.69, 9.17) is 30.2 Å². The Kier molecular flexibility index (Phi) is 10.6. The number of carbonyl (C=O) groups is 2. The van der Waals surface area contributed by atoms with Gasteiger partial charge < -0.3 is 50.8 Å². The molecule has 0 bridgehead atoms. The fourth-order valence-corrected chi connectivity index (χ4v) is 4.05. The van der Waals surface area contributed by atoms with Crippen LogP contribution in [0.4, 0.5) is 4.79 Å². The summed E-state index contributed by atoms with van der Waals surface area (Å²) >= 11 is 0. The van der Waals surface area contributed by atoms with Crippen LogP contribution in [0.3, 0.4) is 0 Å². The summed E-state index contributed by atoms with van der Waals surface area (Å²) in [7, 11) is 0. The van der Waals surface area contributed by atoms with E-state index in [0.29, 0.717) is 32.0 Å². The van der Waals surface area contributed by atoms with Crippen molar-refractivity contribution in [3.63, 3.8) is 0 Å². The zero-order valence-electron chi connectivity index (χ0n) is 19.5. The third-order valence-electron chi connectivity index (χ3n) is 5.84. The van der Waals surface area contributed by atoms with Crippen molar-refractivity contribution in [3.05, 3.63) is 11.9 Å². The van der Waals surface area contributed by atoms with E-state index in [0.717, 1.165) is 0 Å². The number of aliphatic hydroxyl groups is 3. The summed E-state index contributed by atoms with van der Waals surface area (Å²) in [6.07, 6.45) is -1.23. The van der Waals surface area contributed by atoms with Gasteiger partial charge in [-0.05, 0) is 6.42 Å². The van der Waals surface area contributed by atoms with Crippen LogP contribution in [-0.2, 0) is 32.2 Å². The molecule has 1 aliphatic carbocycles. The van der Waals surface area contributed by atoms with Crippen LogP contribution in [-0.4, -0.2) is 130 Å². The molecule has 15 heteroatoms. The molecule has 3 amide bonds. The normalized spacial score (nSPS) is 27.0. The molecule has 1 aliphatic heterocycles. The lowest BCUT2D eigenvalue weighted by Gasteiger charge is -2.43. The first-order chi connectivity index (χ1) is 16.9. The van der Waals surface area contributed by atoms with Gasteiger partial charge in [0.05, 0.1) is 51.8 Å². The van der Waals surface area contributed by atoms with Crippen molar-refractivity contribution >= 4 is 11.9 Å².